The Bertz CT molecular complexity index is 1010. The van der Waals surface area contributed by atoms with E-state index in [1.165, 1.54) is 4.57 Å². The molecule has 1 amide bonds. The van der Waals surface area contributed by atoms with Gasteiger partial charge in [-0.15, -0.1) is 0 Å². The summed E-state index contributed by atoms with van der Waals surface area (Å²) in [6, 6.07) is 15.5. The minimum absolute atomic E-state index is 0.0738. The Kier molecular flexibility index (Phi) is 4.68. The molecule has 1 atom stereocenters. The van der Waals surface area contributed by atoms with Gasteiger partial charge in [-0.25, -0.2) is 4.79 Å². The van der Waals surface area contributed by atoms with E-state index in [-0.39, 0.29) is 18.4 Å². The molecule has 4 rings (SSSR count). The zero-order valence-corrected chi connectivity index (χ0v) is 15.8. The first-order chi connectivity index (χ1) is 12.6. The average molecular weight is 415 g/mol. The number of likely N-dealkylation sites (tertiary alicyclic amines) is 1. The van der Waals surface area contributed by atoms with Gasteiger partial charge in [-0.1, -0.05) is 40.2 Å². The van der Waals surface area contributed by atoms with Gasteiger partial charge in [0, 0.05) is 24.0 Å². The van der Waals surface area contributed by atoms with Crippen LogP contribution in [0.3, 0.4) is 0 Å². The molecule has 1 saturated heterocycles. The molecule has 0 N–H and O–H groups in total. The van der Waals surface area contributed by atoms with E-state index in [2.05, 4.69) is 28.1 Å². The van der Waals surface area contributed by atoms with Gasteiger partial charge in [0.25, 0.3) is 0 Å². The summed E-state index contributed by atoms with van der Waals surface area (Å²) in [6.07, 6.45) is 2.25. The Balaban J connectivity index is 1.50. The molecule has 6 heteroatoms. The number of aryl methyl sites for hydroxylation is 1. The predicted octanol–water partition coefficient (Wildman–Crippen LogP) is 4.11. The molecule has 0 bridgehead atoms. The van der Waals surface area contributed by atoms with E-state index in [1.807, 2.05) is 35.2 Å². The van der Waals surface area contributed by atoms with Crippen molar-refractivity contribution in [1.29, 1.82) is 0 Å². The maximum absolute atomic E-state index is 12.8. The molecule has 3 aromatic rings. The highest BCUT2D eigenvalue weighted by Gasteiger charge is 2.29. The van der Waals surface area contributed by atoms with Gasteiger partial charge in [0.15, 0.2) is 5.58 Å². The van der Waals surface area contributed by atoms with E-state index in [0.29, 0.717) is 12.1 Å². The summed E-state index contributed by atoms with van der Waals surface area (Å²) < 4.78 is 7.80. The SMILES string of the molecule is O=C(CCn1c(=O)oc2ccccc21)N1CCCC1c1cccc(Br)c1. The molecule has 0 spiro atoms. The third-order valence-electron chi connectivity index (χ3n) is 4.93. The first-order valence-electron chi connectivity index (χ1n) is 8.77. The molecule has 1 aliphatic rings. The number of benzene rings is 2. The predicted molar refractivity (Wildman–Crippen MR) is 103 cm³/mol. The van der Waals surface area contributed by atoms with Crippen LogP contribution in [0, 0.1) is 0 Å². The summed E-state index contributed by atoms with van der Waals surface area (Å²) in [5.41, 5.74) is 2.43. The second-order valence-electron chi connectivity index (χ2n) is 6.54. The average Bonchev–Trinajstić information content (AvgIpc) is 3.24. The van der Waals surface area contributed by atoms with Crippen molar-refractivity contribution >= 4 is 32.9 Å². The van der Waals surface area contributed by atoms with Crippen molar-refractivity contribution in [3.05, 3.63) is 69.1 Å². The van der Waals surface area contributed by atoms with Crippen molar-refractivity contribution in [3.8, 4) is 0 Å². The minimum atomic E-state index is -0.413. The highest BCUT2D eigenvalue weighted by atomic mass is 79.9. The Hall–Kier alpha value is -2.34. The summed E-state index contributed by atoms with van der Waals surface area (Å²) in [5, 5.41) is 0. The maximum Gasteiger partial charge on any atom is 0.419 e. The van der Waals surface area contributed by atoms with Gasteiger partial charge in [-0.2, -0.15) is 0 Å². The van der Waals surface area contributed by atoms with Gasteiger partial charge in [0.05, 0.1) is 11.6 Å². The second kappa shape index (κ2) is 7.11. The van der Waals surface area contributed by atoms with Crippen LogP contribution in [-0.4, -0.2) is 21.9 Å². The zero-order chi connectivity index (χ0) is 18.1. The number of oxazole rings is 1. The number of rotatable bonds is 4. The molecule has 0 radical (unpaired) electrons. The number of hydrogen-bond donors (Lipinski definition) is 0. The Morgan fingerprint density at radius 2 is 2.04 bits per heavy atom. The summed E-state index contributed by atoms with van der Waals surface area (Å²) in [5.74, 6) is -0.339. The monoisotopic (exact) mass is 414 g/mol. The lowest BCUT2D eigenvalue weighted by Gasteiger charge is -2.25. The number of aromatic nitrogens is 1. The van der Waals surface area contributed by atoms with Crippen LogP contribution in [0.1, 0.15) is 30.9 Å². The molecule has 134 valence electrons. The van der Waals surface area contributed by atoms with Crippen LogP contribution in [-0.2, 0) is 11.3 Å². The number of halogens is 1. The Morgan fingerprint density at radius 1 is 1.19 bits per heavy atom. The van der Waals surface area contributed by atoms with E-state index in [4.69, 9.17) is 4.42 Å². The number of hydrogen-bond acceptors (Lipinski definition) is 3. The molecule has 1 aromatic heterocycles. The molecular weight excluding hydrogens is 396 g/mol. The van der Waals surface area contributed by atoms with Crippen molar-refractivity contribution in [3.63, 3.8) is 0 Å². The van der Waals surface area contributed by atoms with Gasteiger partial charge < -0.3 is 9.32 Å². The summed E-state index contributed by atoms with van der Waals surface area (Å²) in [7, 11) is 0. The summed E-state index contributed by atoms with van der Waals surface area (Å²) in [6.45, 7) is 1.09. The molecule has 2 heterocycles. The smallest absolute Gasteiger partial charge is 0.408 e. The van der Waals surface area contributed by atoms with Crippen LogP contribution < -0.4 is 5.76 Å². The Labute approximate surface area is 159 Å². The third kappa shape index (κ3) is 3.21. The van der Waals surface area contributed by atoms with Crippen LogP contribution in [0.15, 0.2) is 62.2 Å². The summed E-state index contributed by atoms with van der Waals surface area (Å²) in [4.78, 5) is 26.8. The third-order valence-corrected chi connectivity index (χ3v) is 5.42. The first-order valence-corrected chi connectivity index (χ1v) is 9.56. The lowest BCUT2D eigenvalue weighted by molar-refractivity contribution is -0.132. The topological polar surface area (TPSA) is 55.5 Å². The number of carbonyl (C=O) groups is 1. The van der Waals surface area contributed by atoms with Crippen LogP contribution in [0.5, 0.6) is 0 Å². The van der Waals surface area contributed by atoms with Crippen LogP contribution in [0.2, 0.25) is 0 Å². The number of amides is 1. The quantitative estimate of drug-likeness (QED) is 0.645. The molecule has 0 aliphatic carbocycles. The second-order valence-corrected chi connectivity index (χ2v) is 7.45. The molecule has 0 saturated carbocycles. The number of nitrogens with zero attached hydrogens (tertiary/aromatic N) is 2. The molecule has 1 unspecified atom stereocenters. The highest BCUT2D eigenvalue weighted by molar-refractivity contribution is 9.10. The highest BCUT2D eigenvalue weighted by Crippen LogP contribution is 2.33. The molecule has 2 aromatic carbocycles. The fraction of sp³-hybridized carbons (Fsp3) is 0.300. The van der Waals surface area contributed by atoms with Crippen molar-refractivity contribution in [1.82, 2.24) is 9.47 Å². The van der Waals surface area contributed by atoms with Gasteiger partial charge in [-0.05, 0) is 42.7 Å². The first kappa shape index (κ1) is 17.1. The largest absolute Gasteiger partial charge is 0.419 e. The lowest BCUT2D eigenvalue weighted by atomic mass is 10.0. The van der Waals surface area contributed by atoms with Crippen molar-refractivity contribution < 1.29 is 9.21 Å². The van der Waals surface area contributed by atoms with E-state index in [0.717, 1.165) is 34.9 Å². The van der Waals surface area contributed by atoms with E-state index >= 15 is 0 Å². The zero-order valence-electron chi connectivity index (χ0n) is 14.2. The normalized spacial score (nSPS) is 17.1. The number of carbonyl (C=O) groups excluding carboxylic acids is 1. The van der Waals surface area contributed by atoms with Crippen LogP contribution in [0.25, 0.3) is 11.1 Å². The van der Waals surface area contributed by atoms with E-state index in [1.54, 1.807) is 6.07 Å². The molecule has 1 fully saturated rings. The van der Waals surface area contributed by atoms with Crippen molar-refractivity contribution in [2.45, 2.75) is 31.8 Å². The number of para-hydroxylation sites is 2. The van der Waals surface area contributed by atoms with Crippen molar-refractivity contribution in [2.24, 2.45) is 0 Å². The van der Waals surface area contributed by atoms with Gasteiger partial charge >= 0.3 is 5.76 Å². The molecule has 1 aliphatic heterocycles. The standard InChI is InChI=1S/C20H19BrN2O3/c21-15-6-3-5-14(13-15)16-8-4-11-22(16)19(24)10-12-23-17-7-1-2-9-18(17)26-20(23)25/h1-3,5-7,9,13,16H,4,8,10-12H2. The fourth-order valence-corrected chi connectivity index (χ4v) is 4.12. The van der Waals surface area contributed by atoms with Crippen LogP contribution >= 0.6 is 15.9 Å². The van der Waals surface area contributed by atoms with Crippen molar-refractivity contribution in [2.75, 3.05) is 6.54 Å². The lowest BCUT2D eigenvalue weighted by Crippen LogP contribution is -2.31. The van der Waals surface area contributed by atoms with Crippen LogP contribution in [0.4, 0.5) is 0 Å². The molecule has 26 heavy (non-hydrogen) atoms. The van der Waals surface area contributed by atoms with E-state index < -0.39 is 5.76 Å². The van der Waals surface area contributed by atoms with Gasteiger partial charge in [0.1, 0.15) is 0 Å². The molecular formula is C20H19BrN2O3. The van der Waals surface area contributed by atoms with Gasteiger partial charge in [-0.3, -0.25) is 9.36 Å². The summed E-state index contributed by atoms with van der Waals surface area (Å²) >= 11 is 3.50. The van der Waals surface area contributed by atoms with E-state index in [9.17, 15) is 9.59 Å². The minimum Gasteiger partial charge on any atom is -0.408 e. The fourth-order valence-electron chi connectivity index (χ4n) is 3.70. The Morgan fingerprint density at radius 3 is 2.88 bits per heavy atom. The molecule has 5 nitrogen and oxygen atoms in total. The number of fused-ring (bicyclic) bond motifs is 1. The maximum atomic E-state index is 12.8. The van der Waals surface area contributed by atoms with Gasteiger partial charge in [0.2, 0.25) is 5.91 Å².